The summed E-state index contributed by atoms with van der Waals surface area (Å²) >= 11 is 0. The molecule has 29 heavy (non-hydrogen) atoms. The Kier molecular flexibility index (Phi) is 6.74. The minimum atomic E-state index is -0.469. The number of carbonyl (C=O) groups excluding carboxylic acids is 2. The van der Waals surface area contributed by atoms with Crippen LogP contribution < -0.4 is 9.47 Å². The summed E-state index contributed by atoms with van der Waals surface area (Å²) in [4.78, 5) is 24.1. The average Bonchev–Trinajstić information content (AvgIpc) is 2.78. The molecule has 0 aliphatic heterocycles. The van der Waals surface area contributed by atoms with E-state index in [9.17, 15) is 9.59 Å². The van der Waals surface area contributed by atoms with Crippen molar-refractivity contribution in [2.75, 3.05) is 7.11 Å². The van der Waals surface area contributed by atoms with Gasteiger partial charge in [0.2, 0.25) is 0 Å². The molecule has 0 amide bonds. The molecular formula is C25H20O4. The molecule has 0 fully saturated rings. The molecule has 4 nitrogen and oxygen atoms in total. The summed E-state index contributed by atoms with van der Waals surface area (Å²) < 4.78 is 10.4. The third-order valence-electron chi connectivity index (χ3n) is 4.11. The molecule has 0 aromatic heterocycles. The summed E-state index contributed by atoms with van der Waals surface area (Å²) in [6, 6.07) is 23.3. The van der Waals surface area contributed by atoms with Gasteiger partial charge in [0.05, 0.1) is 7.11 Å². The van der Waals surface area contributed by atoms with Crippen LogP contribution in [0.2, 0.25) is 0 Å². The highest BCUT2D eigenvalue weighted by atomic mass is 16.5. The molecule has 0 atom stereocenters. The van der Waals surface area contributed by atoms with Gasteiger partial charge in [0.1, 0.15) is 11.5 Å². The third kappa shape index (κ3) is 6.04. The first kappa shape index (κ1) is 19.8. The number of hydrogen-bond donors (Lipinski definition) is 0. The van der Waals surface area contributed by atoms with Crippen LogP contribution in [0, 0.1) is 0 Å². The van der Waals surface area contributed by atoms with Gasteiger partial charge < -0.3 is 9.47 Å². The fourth-order valence-electron chi connectivity index (χ4n) is 2.55. The molecule has 144 valence electrons. The quantitative estimate of drug-likeness (QED) is 0.243. The monoisotopic (exact) mass is 384 g/mol. The van der Waals surface area contributed by atoms with Crippen LogP contribution in [-0.4, -0.2) is 18.9 Å². The van der Waals surface area contributed by atoms with Gasteiger partial charge in [-0.05, 0) is 47.5 Å². The lowest BCUT2D eigenvalue weighted by atomic mass is 10.1. The number of ether oxygens (including phenoxy) is 2. The maximum Gasteiger partial charge on any atom is 0.336 e. The van der Waals surface area contributed by atoms with Gasteiger partial charge in [-0.1, -0.05) is 60.7 Å². The molecule has 0 bridgehead atoms. The van der Waals surface area contributed by atoms with Crippen LogP contribution in [0.25, 0.3) is 12.2 Å². The van der Waals surface area contributed by atoms with E-state index in [4.69, 9.17) is 9.47 Å². The highest BCUT2D eigenvalue weighted by Gasteiger charge is 2.02. The second-order valence-electron chi connectivity index (χ2n) is 6.16. The van der Waals surface area contributed by atoms with Crippen LogP contribution in [0.4, 0.5) is 0 Å². The lowest BCUT2D eigenvalue weighted by molar-refractivity contribution is -0.128. The second kappa shape index (κ2) is 9.85. The Morgan fingerprint density at radius 1 is 0.690 bits per heavy atom. The molecule has 0 N–H and O–H groups in total. The largest absolute Gasteiger partial charge is 0.497 e. The van der Waals surface area contributed by atoms with Gasteiger partial charge in [-0.15, -0.1) is 0 Å². The lowest BCUT2D eigenvalue weighted by Crippen LogP contribution is -2.03. The number of hydrogen-bond acceptors (Lipinski definition) is 4. The zero-order chi connectivity index (χ0) is 20.5. The zero-order valence-corrected chi connectivity index (χ0v) is 15.9. The molecule has 0 saturated carbocycles. The first-order valence-corrected chi connectivity index (χ1v) is 9.05. The Morgan fingerprint density at radius 3 is 1.83 bits per heavy atom. The van der Waals surface area contributed by atoms with Crippen molar-refractivity contribution in [1.82, 2.24) is 0 Å². The van der Waals surface area contributed by atoms with E-state index in [1.807, 2.05) is 42.5 Å². The molecule has 0 unspecified atom stereocenters. The van der Waals surface area contributed by atoms with E-state index in [1.165, 1.54) is 12.2 Å². The van der Waals surface area contributed by atoms with Gasteiger partial charge in [0, 0.05) is 11.6 Å². The van der Waals surface area contributed by atoms with Crippen LogP contribution in [0.1, 0.15) is 21.5 Å². The van der Waals surface area contributed by atoms with E-state index in [0.29, 0.717) is 11.3 Å². The van der Waals surface area contributed by atoms with Crippen LogP contribution in [-0.2, 0) is 4.79 Å². The highest BCUT2D eigenvalue weighted by Crippen LogP contribution is 2.15. The fraction of sp³-hybridized carbons (Fsp3) is 0.0400. The molecule has 4 heteroatoms. The van der Waals surface area contributed by atoms with E-state index < -0.39 is 5.97 Å². The summed E-state index contributed by atoms with van der Waals surface area (Å²) in [7, 11) is 1.60. The van der Waals surface area contributed by atoms with Gasteiger partial charge in [-0.2, -0.15) is 0 Å². The van der Waals surface area contributed by atoms with Crippen molar-refractivity contribution in [2.24, 2.45) is 0 Å². The maximum absolute atomic E-state index is 12.1. The number of esters is 1. The molecule has 0 aliphatic carbocycles. The number of carbonyl (C=O) groups is 2. The summed E-state index contributed by atoms with van der Waals surface area (Å²) in [5, 5.41) is 0. The average molecular weight is 384 g/mol. The van der Waals surface area contributed by atoms with Crippen molar-refractivity contribution < 1.29 is 19.1 Å². The minimum Gasteiger partial charge on any atom is -0.497 e. The summed E-state index contributed by atoms with van der Waals surface area (Å²) in [5.74, 6) is 0.651. The van der Waals surface area contributed by atoms with Crippen molar-refractivity contribution in [3.8, 4) is 11.5 Å². The molecular weight excluding hydrogens is 364 g/mol. The first-order valence-electron chi connectivity index (χ1n) is 9.05. The molecule has 0 heterocycles. The molecule has 3 rings (SSSR count). The van der Waals surface area contributed by atoms with Crippen molar-refractivity contribution in [1.29, 1.82) is 0 Å². The summed E-state index contributed by atoms with van der Waals surface area (Å²) in [6.07, 6.45) is 6.29. The van der Waals surface area contributed by atoms with Gasteiger partial charge >= 0.3 is 5.97 Å². The second-order valence-corrected chi connectivity index (χ2v) is 6.16. The van der Waals surface area contributed by atoms with Crippen LogP contribution >= 0.6 is 0 Å². The Morgan fingerprint density at radius 2 is 1.24 bits per heavy atom. The van der Waals surface area contributed by atoms with E-state index in [0.717, 1.165) is 16.9 Å². The number of allylic oxidation sites excluding steroid dienone is 1. The molecule has 0 saturated heterocycles. The third-order valence-corrected chi connectivity index (χ3v) is 4.11. The highest BCUT2D eigenvalue weighted by molar-refractivity contribution is 6.06. The summed E-state index contributed by atoms with van der Waals surface area (Å²) in [5.41, 5.74) is 2.34. The predicted octanol–water partition coefficient (Wildman–Crippen LogP) is 5.21. The van der Waals surface area contributed by atoms with Crippen molar-refractivity contribution >= 4 is 23.9 Å². The number of rotatable bonds is 7. The van der Waals surface area contributed by atoms with Gasteiger partial charge in [0.15, 0.2) is 5.78 Å². The number of methoxy groups -OCH3 is 1. The van der Waals surface area contributed by atoms with Gasteiger partial charge in [-0.3, -0.25) is 4.79 Å². The van der Waals surface area contributed by atoms with Crippen LogP contribution in [0.15, 0.2) is 91.0 Å². The molecule has 0 spiro atoms. The number of ketones is 1. The Bertz CT molecular complexity index is 1010. The molecule has 0 radical (unpaired) electrons. The van der Waals surface area contributed by atoms with E-state index in [1.54, 1.807) is 55.7 Å². The van der Waals surface area contributed by atoms with E-state index >= 15 is 0 Å². The van der Waals surface area contributed by atoms with Crippen LogP contribution in [0.5, 0.6) is 11.5 Å². The van der Waals surface area contributed by atoms with E-state index in [-0.39, 0.29) is 5.78 Å². The predicted molar refractivity (Wildman–Crippen MR) is 114 cm³/mol. The van der Waals surface area contributed by atoms with Crippen molar-refractivity contribution in [3.63, 3.8) is 0 Å². The van der Waals surface area contributed by atoms with Gasteiger partial charge in [0.25, 0.3) is 0 Å². The topological polar surface area (TPSA) is 52.6 Å². The Balaban J connectivity index is 1.55. The van der Waals surface area contributed by atoms with Crippen molar-refractivity contribution in [2.45, 2.75) is 0 Å². The lowest BCUT2D eigenvalue weighted by Gasteiger charge is -2.02. The molecule has 0 aliphatic rings. The molecule has 3 aromatic carbocycles. The standard InChI is InChI=1S/C25H20O4/c1-28-22-13-7-20(8-14-22)12-18-25(27)29-23-15-9-19(10-16-23)11-17-24(26)21-5-3-2-4-6-21/h2-18H,1H3. The van der Waals surface area contributed by atoms with E-state index in [2.05, 4.69) is 0 Å². The zero-order valence-electron chi connectivity index (χ0n) is 15.9. The first-order chi connectivity index (χ1) is 14.1. The van der Waals surface area contributed by atoms with Crippen molar-refractivity contribution in [3.05, 3.63) is 108 Å². The maximum atomic E-state index is 12.1. The Hall–Kier alpha value is -3.92. The normalized spacial score (nSPS) is 10.9. The number of benzene rings is 3. The van der Waals surface area contributed by atoms with Gasteiger partial charge in [-0.25, -0.2) is 4.79 Å². The minimum absolute atomic E-state index is 0.0650. The molecule has 3 aromatic rings. The Labute approximate surface area is 169 Å². The SMILES string of the molecule is COc1ccc(C=CC(=O)Oc2ccc(C=CC(=O)c3ccccc3)cc2)cc1. The fourth-order valence-corrected chi connectivity index (χ4v) is 2.55. The summed E-state index contributed by atoms with van der Waals surface area (Å²) in [6.45, 7) is 0. The van der Waals surface area contributed by atoms with Crippen LogP contribution in [0.3, 0.4) is 0 Å². The smallest absolute Gasteiger partial charge is 0.336 e.